The van der Waals surface area contributed by atoms with Crippen molar-refractivity contribution in [1.29, 1.82) is 0 Å². The summed E-state index contributed by atoms with van der Waals surface area (Å²) >= 11 is 0. The van der Waals surface area contributed by atoms with Gasteiger partial charge in [0.15, 0.2) is 0 Å². The zero-order valence-corrected chi connectivity index (χ0v) is 12.7. The highest BCUT2D eigenvalue weighted by atomic mass is 16.6. The van der Waals surface area contributed by atoms with Crippen molar-refractivity contribution in [3.8, 4) is 0 Å². The summed E-state index contributed by atoms with van der Waals surface area (Å²) in [7, 11) is 0. The molecule has 2 aliphatic carbocycles. The number of amides is 2. The molecule has 6 nitrogen and oxygen atoms in total. The highest BCUT2D eigenvalue weighted by molar-refractivity contribution is 5.81. The number of hydrogen-bond acceptors (Lipinski definition) is 4. The van der Waals surface area contributed by atoms with E-state index < -0.39 is 0 Å². The first-order valence-electron chi connectivity index (χ1n) is 8.08. The second-order valence-corrected chi connectivity index (χ2v) is 6.45. The van der Waals surface area contributed by atoms with Crippen molar-refractivity contribution in [2.24, 2.45) is 23.5 Å². The number of rotatable bonds is 2. The minimum atomic E-state index is -0.277. The van der Waals surface area contributed by atoms with Gasteiger partial charge in [0.05, 0.1) is 12.5 Å². The average molecular weight is 295 g/mol. The molecule has 0 aromatic heterocycles. The molecule has 3 aliphatic rings. The maximum atomic E-state index is 12.7. The number of piperazine rings is 1. The van der Waals surface area contributed by atoms with Crippen LogP contribution in [0.25, 0.3) is 0 Å². The molecule has 4 atom stereocenters. The molecule has 21 heavy (non-hydrogen) atoms. The summed E-state index contributed by atoms with van der Waals surface area (Å²) in [6.45, 7) is 4.49. The van der Waals surface area contributed by atoms with Gasteiger partial charge < -0.3 is 20.3 Å². The van der Waals surface area contributed by atoms with E-state index in [1.165, 1.54) is 6.42 Å². The summed E-state index contributed by atoms with van der Waals surface area (Å²) in [4.78, 5) is 27.9. The van der Waals surface area contributed by atoms with E-state index in [0.29, 0.717) is 44.6 Å². The van der Waals surface area contributed by atoms with Crippen LogP contribution < -0.4 is 5.73 Å². The quantitative estimate of drug-likeness (QED) is 0.812. The molecular formula is C15H25N3O3. The number of nitrogens with two attached hydrogens (primary N) is 1. The van der Waals surface area contributed by atoms with E-state index in [1.807, 2.05) is 4.90 Å². The van der Waals surface area contributed by atoms with Crippen molar-refractivity contribution >= 4 is 12.0 Å². The number of fused-ring (bicyclic) bond motifs is 2. The van der Waals surface area contributed by atoms with Crippen LogP contribution in [0.5, 0.6) is 0 Å². The first-order chi connectivity index (χ1) is 10.1. The maximum Gasteiger partial charge on any atom is 0.409 e. The SMILES string of the molecule is CCOC(=O)N1CCN(C(=O)C2C3CCC(C3)C2N)CC1. The number of nitrogens with zero attached hydrogens (tertiary/aromatic N) is 2. The van der Waals surface area contributed by atoms with E-state index in [4.69, 9.17) is 10.5 Å². The van der Waals surface area contributed by atoms with Crippen LogP contribution in [0, 0.1) is 17.8 Å². The van der Waals surface area contributed by atoms with Crippen LogP contribution in [-0.4, -0.2) is 60.6 Å². The third-order valence-corrected chi connectivity index (χ3v) is 5.38. The molecule has 0 aromatic carbocycles. The second kappa shape index (κ2) is 5.83. The van der Waals surface area contributed by atoms with Gasteiger partial charge in [-0.05, 0) is 38.0 Å². The Morgan fingerprint density at radius 1 is 1.10 bits per heavy atom. The van der Waals surface area contributed by atoms with E-state index in [2.05, 4.69) is 0 Å². The van der Waals surface area contributed by atoms with Gasteiger partial charge in [-0.25, -0.2) is 4.79 Å². The van der Waals surface area contributed by atoms with Crippen LogP contribution in [0.1, 0.15) is 26.2 Å². The van der Waals surface area contributed by atoms with Crippen molar-refractivity contribution in [3.63, 3.8) is 0 Å². The van der Waals surface area contributed by atoms with Crippen LogP contribution in [0.4, 0.5) is 4.79 Å². The molecule has 0 aromatic rings. The minimum Gasteiger partial charge on any atom is -0.450 e. The standard InChI is InChI=1S/C15H25N3O3/c1-2-21-15(20)18-7-5-17(6-8-18)14(19)12-10-3-4-11(9-10)13(12)16/h10-13H,2-9,16H2,1H3. The Bertz CT molecular complexity index is 418. The largest absolute Gasteiger partial charge is 0.450 e. The van der Waals surface area contributed by atoms with Crippen LogP contribution in [0.3, 0.4) is 0 Å². The number of carbonyl (C=O) groups is 2. The molecule has 1 aliphatic heterocycles. The Kier molecular flexibility index (Phi) is 4.06. The lowest BCUT2D eigenvalue weighted by Crippen LogP contribution is -2.54. The molecule has 0 spiro atoms. The van der Waals surface area contributed by atoms with Gasteiger partial charge >= 0.3 is 6.09 Å². The molecule has 0 radical (unpaired) electrons. The number of carbonyl (C=O) groups excluding carboxylic acids is 2. The minimum absolute atomic E-state index is 0.0119. The molecule has 6 heteroatoms. The Morgan fingerprint density at radius 3 is 2.29 bits per heavy atom. The molecule has 118 valence electrons. The van der Waals surface area contributed by atoms with Crippen LogP contribution in [0.2, 0.25) is 0 Å². The Labute approximate surface area is 125 Å². The molecule has 1 saturated heterocycles. The Morgan fingerprint density at radius 2 is 1.71 bits per heavy atom. The lowest BCUT2D eigenvalue weighted by atomic mass is 9.84. The second-order valence-electron chi connectivity index (χ2n) is 6.45. The first-order valence-corrected chi connectivity index (χ1v) is 8.08. The van der Waals surface area contributed by atoms with Crippen molar-refractivity contribution in [3.05, 3.63) is 0 Å². The van der Waals surface area contributed by atoms with Crippen LogP contribution >= 0.6 is 0 Å². The Hall–Kier alpha value is -1.30. The van der Waals surface area contributed by atoms with E-state index in [1.54, 1.807) is 11.8 Å². The van der Waals surface area contributed by atoms with Gasteiger partial charge in [0.1, 0.15) is 0 Å². The van der Waals surface area contributed by atoms with Gasteiger partial charge in [0.2, 0.25) is 5.91 Å². The number of hydrogen-bond donors (Lipinski definition) is 1. The summed E-state index contributed by atoms with van der Waals surface area (Å²) in [6.07, 6.45) is 3.19. The van der Waals surface area contributed by atoms with Crippen molar-refractivity contribution in [1.82, 2.24) is 9.80 Å². The molecule has 1 heterocycles. The van der Waals surface area contributed by atoms with Gasteiger partial charge in [-0.15, -0.1) is 0 Å². The van der Waals surface area contributed by atoms with Crippen molar-refractivity contribution < 1.29 is 14.3 Å². The van der Waals surface area contributed by atoms with Gasteiger partial charge in [-0.2, -0.15) is 0 Å². The monoisotopic (exact) mass is 295 g/mol. The van der Waals surface area contributed by atoms with E-state index in [-0.39, 0.29) is 24.0 Å². The molecule has 2 bridgehead atoms. The normalized spacial score (nSPS) is 35.1. The molecule has 2 N–H and O–H groups in total. The molecule has 3 fully saturated rings. The summed E-state index contributed by atoms with van der Waals surface area (Å²) in [5.74, 6) is 1.25. The van der Waals surface area contributed by atoms with E-state index in [9.17, 15) is 9.59 Å². The van der Waals surface area contributed by atoms with Gasteiger partial charge in [0.25, 0.3) is 0 Å². The third kappa shape index (κ3) is 2.61. The molecule has 4 unspecified atom stereocenters. The van der Waals surface area contributed by atoms with E-state index in [0.717, 1.165) is 12.8 Å². The Balaban J connectivity index is 1.55. The van der Waals surface area contributed by atoms with Crippen molar-refractivity contribution in [2.45, 2.75) is 32.2 Å². The lowest BCUT2D eigenvalue weighted by molar-refractivity contribution is -0.139. The lowest BCUT2D eigenvalue weighted by Gasteiger charge is -2.38. The fourth-order valence-corrected chi connectivity index (χ4v) is 4.24. The zero-order chi connectivity index (χ0) is 15.0. The summed E-state index contributed by atoms with van der Waals surface area (Å²) in [5.41, 5.74) is 6.25. The zero-order valence-electron chi connectivity index (χ0n) is 12.7. The highest BCUT2D eigenvalue weighted by Gasteiger charge is 2.50. The maximum absolute atomic E-state index is 12.7. The van der Waals surface area contributed by atoms with Crippen LogP contribution in [0.15, 0.2) is 0 Å². The van der Waals surface area contributed by atoms with Gasteiger partial charge in [-0.3, -0.25) is 4.79 Å². The molecule has 2 saturated carbocycles. The smallest absolute Gasteiger partial charge is 0.409 e. The predicted molar refractivity (Wildman–Crippen MR) is 77.5 cm³/mol. The third-order valence-electron chi connectivity index (χ3n) is 5.38. The first kappa shape index (κ1) is 14.6. The summed E-state index contributed by atoms with van der Waals surface area (Å²) in [5, 5.41) is 0. The molecule has 3 rings (SSSR count). The molecule has 2 amide bonds. The fourth-order valence-electron chi connectivity index (χ4n) is 4.24. The van der Waals surface area contributed by atoms with Gasteiger partial charge in [0, 0.05) is 32.2 Å². The topological polar surface area (TPSA) is 75.9 Å². The summed E-state index contributed by atoms with van der Waals surface area (Å²) in [6, 6.07) is 0.0411. The average Bonchev–Trinajstić information content (AvgIpc) is 3.08. The number of ether oxygens (including phenoxy) is 1. The predicted octanol–water partition coefficient (Wildman–Crippen LogP) is 0.661. The van der Waals surface area contributed by atoms with Gasteiger partial charge in [-0.1, -0.05) is 0 Å². The van der Waals surface area contributed by atoms with Crippen LogP contribution in [-0.2, 0) is 9.53 Å². The highest BCUT2D eigenvalue weighted by Crippen LogP contribution is 2.48. The summed E-state index contributed by atoms with van der Waals surface area (Å²) < 4.78 is 5.00. The van der Waals surface area contributed by atoms with E-state index >= 15 is 0 Å². The fraction of sp³-hybridized carbons (Fsp3) is 0.867. The van der Waals surface area contributed by atoms with Crippen molar-refractivity contribution in [2.75, 3.05) is 32.8 Å². The molecular weight excluding hydrogens is 270 g/mol.